The van der Waals surface area contributed by atoms with Gasteiger partial charge in [0.15, 0.2) is 6.73 Å². The number of carboxylic acid groups (broad SMARTS) is 1. The largest absolute Gasteiger partial charge is 0.481 e. The molecule has 0 atom stereocenters. The van der Waals surface area contributed by atoms with E-state index in [2.05, 4.69) is 5.16 Å². The molecule has 0 amide bonds. The van der Waals surface area contributed by atoms with E-state index < -0.39 is 5.97 Å². The number of carbonyl (C=O) groups is 1. The van der Waals surface area contributed by atoms with Crippen LogP contribution < -0.4 is 0 Å². The lowest BCUT2D eigenvalue weighted by Gasteiger charge is -2.10. The van der Waals surface area contributed by atoms with Crippen LogP contribution in [0.5, 0.6) is 0 Å². The topological polar surface area (TPSA) is 62.1 Å². The van der Waals surface area contributed by atoms with Crippen molar-refractivity contribution in [3.8, 4) is 0 Å². The van der Waals surface area contributed by atoms with E-state index in [0.29, 0.717) is 6.73 Å². The van der Waals surface area contributed by atoms with Crippen molar-refractivity contribution in [3.63, 3.8) is 0 Å². The Bertz CT molecular complexity index is 194. The smallest absolute Gasteiger partial charge is 0.303 e. The lowest BCUT2D eigenvalue weighted by molar-refractivity contribution is -0.137. The third kappa shape index (κ3) is 4.35. The van der Waals surface area contributed by atoms with Gasteiger partial charge in [-0.05, 0) is 12.8 Å². The average Bonchev–Trinajstić information content (AvgIpc) is 2.55. The number of hydrogen-bond donors (Lipinski definition) is 1. The molecule has 1 rings (SSSR count). The van der Waals surface area contributed by atoms with Gasteiger partial charge < -0.3 is 14.8 Å². The summed E-state index contributed by atoms with van der Waals surface area (Å²) in [5.41, 5.74) is 0. The summed E-state index contributed by atoms with van der Waals surface area (Å²) in [7, 11) is 0. The highest BCUT2D eigenvalue weighted by molar-refractivity contribution is 5.66. The maximum Gasteiger partial charge on any atom is 0.303 e. The molecule has 0 saturated heterocycles. The molecule has 0 aromatic rings. The van der Waals surface area contributed by atoms with Crippen molar-refractivity contribution in [1.82, 2.24) is 4.90 Å². The Kier molecular flexibility index (Phi) is 4.08. The highest BCUT2D eigenvalue weighted by atomic mass is 16.6. The Morgan fingerprint density at radius 3 is 3.00 bits per heavy atom. The fourth-order valence-corrected chi connectivity index (χ4v) is 1.13. The monoisotopic (exact) mass is 186 g/mol. The van der Waals surface area contributed by atoms with Crippen LogP contribution in [0.4, 0.5) is 0 Å². The summed E-state index contributed by atoms with van der Waals surface area (Å²) in [6.07, 6.45) is 4.61. The zero-order valence-electron chi connectivity index (χ0n) is 7.48. The molecule has 5 heteroatoms. The second-order valence-electron chi connectivity index (χ2n) is 3.00. The molecular weight excluding hydrogens is 172 g/mol. The minimum atomic E-state index is -0.717. The van der Waals surface area contributed by atoms with Gasteiger partial charge in [-0.25, -0.2) is 0 Å². The van der Waals surface area contributed by atoms with E-state index >= 15 is 0 Å². The van der Waals surface area contributed by atoms with Gasteiger partial charge in [-0.3, -0.25) is 4.79 Å². The van der Waals surface area contributed by atoms with Crippen LogP contribution in [0.2, 0.25) is 0 Å². The van der Waals surface area contributed by atoms with Gasteiger partial charge in [-0.15, -0.1) is 0 Å². The third-order valence-electron chi connectivity index (χ3n) is 1.84. The van der Waals surface area contributed by atoms with Crippen LogP contribution in [0.1, 0.15) is 25.7 Å². The van der Waals surface area contributed by atoms with Crippen LogP contribution in [0, 0.1) is 0 Å². The molecule has 13 heavy (non-hydrogen) atoms. The van der Waals surface area contributed by atoms with E-state index in [0.717, 1.165) is 25.8 Å². The van der Waals surface area contributed by atoms with Crippen LogP contribution in [-0.4, -0.2) is 35.6 Å². The Labute approximate surface area is 77.0 Å². The summed E-state index contributed by atoms with van der Waals surface area (Å²) in [6.45, 7) is 1.42. The van der Waals surface area contributed by atoms with Crippen molar-refractivity contribution in [2.75, 3.05) is 13.3 Å². The minimum absolute atomic E-state index is 0.268. The lowest BCUT2D eigenvalue weighted by Crippen LogP contribution is -2.20. The molecule has 0 unspecified atom stereocenters. The number of hydrogen-bond acceptors (Lipinski definition) is 4. The van der Waals surface area contributed by atoms with E-state index in [4.69, 9.17) is 9.94 Å². The van der Waals surface area contributed by atoms with Crippen LogP contribution >= 0.6 is 0 Å². The van der Waals surface area contributed by atoms with Gasteiger partial charge in [0.05, 0.1) is 0 Å². The van der Waals surface area contributed by atoms with Crippen molar-refractivity contribution in [3.05, 3.63) is 0 Å². The molecule has 5 nitrogen and oxygen atoms in total. The van der Waals surface area contributed by atoms with Gasteiger partial charge in [0.1, 0.15) is 6.34 Å². The fourth-order valence-electron chi connectivity index (χ4n) is 1.13. The zero-order valence-corrected chi connectivity index (χ0v) is 7.48. The zero-order chi connectivity index (χ0) is 9.52. The van der Waals surface area contributed by atoms with Crippen LogP contribution in [0.3, 0.4) is 0 Å². The number of nitrogens with zero attached hydrogens (tertiary/aromatic N) is 2. The SMILES string of the molecule is O=C(O)CCCCCN1C=NOC1. The van der Waals surface area contributed by atoms with Gasteiger partial charge in [0.2, 0.25) is 0 Å². The summed E-state index contributed by atoms with van der Waals surface area (Å²) in [5, 5.41) is 12.0. The third-order valence-corrected chi connectivity index (χ3v) is 1.84. The summed E-state index contributed by atoms with van der Waals surface area (Å²) in [5.74, 6) is -0.717. The molecule has 0 aromatic heterocycles. The Morgan fingerprint density at radius 1 is 1.54 bits per heavy atom. The number of oxime groups is 1. The van der Waals surface area contributed by atoms with E-state index in [9.17, 15) is 4.79 Å². The molecule has 74 valence electrons. The molecule has 0 bridgehead atoms. The predicted molar refractivity (Wildman–Crippen MR) is 47.3 cm³/mol. The molecule has 0 radical (unpaired) electrons. The Balaban J connectivity index is 1.89. The number of rotatable bonds is 6. The van der Waals surface area contributed by atoms with Crippen LogP contribution in [-0.2, 0) is 9.63 Å². The van der Waals surface area contributed by atoms with Crippen molar-refractivity contribution < 1.29 is 14.7 Å². The van der Waals surface area contributed by atoms with Crippen molar-refractivity contribution in [2.45, 2.75) is 25.7 Å². The summed E-state index contributed by atoms with van der Waals surface area (Å²) >= 11 is 0. The molecule has 0 aromatic carbocycles. The van der Waals surface area contributed by atoms with Crippen LogP contribution in [0.25, 0.3) is 0 Å². The maximum atomic E-state index is 10.2. The molecule has 1 N–H and O–H groups in total. The molecular formula is C8H14N2O3. The highest BCUT2D eigenvalue weighted by Crippen LogP contribution is 2.03. The molecule has 0 spiro atoms. The molecule has 1 aliphatic rings. The quantitative estimate of drug-likeness (QED) is 0.625. The van der Waals surface area contributed by atoms with Crippen molar-refractivity contribution in [2.24, 2.45) is 5.16 Å². The first kappa shape index (κ1) is 9.83. The van der Waals surface area contributed by atoms with Gasteiger partial charge in [-0.2, -0.15) is 0 Å². The minimum Gasteiger partial charge on any atom is -0.481 e. The molecule has 1 aliphatic heterocycles. The second-order valence-corrected chi connectivity index (χ2v) is 3.00. The van der Waals surface area contributed by atoms with E-state index in [1.165, 1.54) is 0 Å². The normalized spacial score (nSPS) is 14.6. The lowest BCUT2D eigenvalue weighted by atomic mass is 10.2. The van der Waals surface area contributed by atoms with Gasteiger partial charge in [0.25, 0.3) is 0 Å². The predicted octanol–water partition coefficient (Wildman–Crippen LogP) is 0.864. The first-order valence-corrected chi connectivity index (χ1v) is 4.40. The Morgan fingerprint density at radius 2 is 2.38 bits per heavy atom. The standard InChI is InChI=1S/C8H14N2O3/c11-8(12)4-2-1-3-5-10-6-9-13-7-10/h6H,1-5,7H2,(H,11,12). The molecule has 0 fully saturated rings. The highest BCUT2D eigenvalue weighted by Gasteiger charge is 2.05. The summed E-state index contributed by atoms with van der Waals surface area (Å²) < 4.78 is 0. The summed E-state index contributed by atoms with van der Waals surface area (Å²) in [6, 6.07) is 0. The first-order valence-electron chi connectivity index (χ1n) is 4.40. The van der Waals surface area contributed by atoms with Gasteiger partial charge in [0, 0.05) is 13.0 Å². The number of carboxylic acids is 1. The van der Waals surface area contributed by atoms with Gasteiger partial charge >= 0.3 is 5.97 Å². The summed E-state index contributed by atoms with van der Waals surface area (Å²) in [4.78, 5) is 16.9. The van der Waals surface area contributed by atoms with Crippen LogP contribution in [0.15, 0.2) is 5.16 Å². The maximum absolute atomic E-state index is 10.2. The first-order chi connectivity index (χ1) is 6.29. The number of aliphatic carboxylic acids is 1. The van der Waals surface area contributed by atoms with E-state index in [-0.39, 0.29) is 6.42 Å². The fraction of sp³-hybridized carbons (Fsp3) is 0.750. The van der Waals surface area contributed by atoms with E-state index in [1.807, 2.05) is 4.90 Å². The average molecular weight is 186 g/mol. The number of unbranched alkanes of at least 4 members (excludes halogenated alkanes) is 2. The molecule has 1 heterocycles. The molecule has 0 saturated carbocycles. The second kappa shape index (κ2) is 5.40. The van der Waals surface area contributed by atoms with E-state index in [1.54, 1.807) is 6.34 Å². The Hall–Kier alpha value is -1.26. The van der Waals surface area contributed by atoms with Crippen molar-refractivity contribution >= 4 is 12.3 Å². The molecule has 0 aliphatic carbocycles. The van der Waals surface area contributed by atoms with Crippen molar-refractivity contribution in [1.29, 1.82) is 0 Å². The van der Waals surface area contributed by atoms with Gasteiger partial charge in [-0.1, -0.05) is 11.6 Å².